The van der Waals surface area contributed by atoms with Crippen LogP contribution in [0.2, 0.25) is 0 Å². The van der Waals surface area contributed by atoms with Crippen molar-refractivity contribution in [2.45, 2.75) is 77.7 Å². The van der Waals surface area contributed by atoms with Gasteiger partial charge in [-0.15, -0.1) is 0 Å². The van der Waals surface area contributed by atoms with Crippen molar-refractivity contribution in [3.63, 3.8) is 0 Å². The predicted octanol–water partition coefficient (Wildman–Crippen LogP) is 4.40. The van der Waals surface area contributed by atoms with E-state index in [9.17, 15) is 14.7 Å². The molecule has 1 atom stereocenters. The standard InChI is InChI=1S/C18H28O4/c1-3-5-6-7-8-9-10-12-14-13-16(20)17(18(21)22-14)15(19)11-4-2/h10,12,14,19H,3-9,11,13H2,1-2H3. The van der Waals surface area contributed by atoms with Crippen LogP contribution < -0.4 is 0 Å². The highest BCUT2D eigenvalue weighted by Crippen LogP contribution is 2.21. The highest BCUT2D eigenvalue weighted by molar-refractivity contribution is 6.19. The maximum Gasteiger partial charge on any atom is 0.345 e. The molecule has 4 heteroatoms. The molecule has 0 amide bonds. The van der Waals surface area contributed by atoms with Gasteiger partial charge in [0.25, 0.3) is 0 Å². The van der Waals surface area contributed by atoms with E-state index in [1.54, 1.807) is 6.08 Å². The predicted molar refractivity (Wildman–Crippen MR) is 86.6 cm³/mol. The van der Waals surface area contributed by atoms with E-state index in [1.165, 1.54) is 25.7 Å². The van der Waals surface area contributed by atoms with Crippen LogP contribution in [-0.2, 0) is 14.3 Å². The Labute approximate surface area is 133 Å². The first kappa shape index (κ1) is 18.5. The van der Waals surface area contributed by atoms with Crippen molar-refractivity contribution in [2.75, 3.05) is 0 Å². The number of hydrogen-bond acceptors (Lipinski definition) is 4. The molecule has 1 saturated heterocycles. The van der Waals surface area contributed by atoms with E-state index in [1.807, 2.05) is 13.0 Å². The fourth-order valence-electron chi connectivity index (χ4n) is 2.50. The van der Waals surface area contributed by atoms with Crippen LogP contribution in [0.3, 0.4) is 0 Å². The fourth-order valence-corrected chi connectivity index (χ4v) is 2.50. The van der Waals surface area contributed by atoms with E-state index < -0.39 is 12.1 Å². The average molecular weight is 308 g/mol. The number of carbonyl (C=O) groups excluding carboxylic acids is 2. The number of ketones is 1. The first-order valence-electron chi connectivity index (χ1n) is 8.43. The third-order valence-corrected chi connectivity index (χ3v) is 3.73. The normalized spacial score (nSPS) is 21.3. The number of hydrogen-bond donors (Lipinski definition) is 1. The highest BCUT2D eigenvalue weighted by atomic mass is 16.5. The van der Waals surface area contributed by atoms with Gasteiger partial charge in [0, 0.05) is 6.42 Å². The number of aliphatic hydroxyl groups is 1. The molecule has 1 rings (SSSR count). The van der Waals surface area contributed by atoms with Gasteiger partial charge in [0.1, 0.15) is 17.4 Å². The molecule has 1 unspecified atom stereocenters. The summed E-state index contributed by atoms with van der Waals surface area (Å²) in [4.78, 5) is 23.8. The van der Waals surface area contributed by atoms with E-state index >= 15 is 0 Å². The zero-order valence-electron chi connectivity index (χ0n) is 13.8. The van der Waals surface area contributed by atoms with Gasteiger partial charge < -0.3 is 9.84 Å². The summed E-state index contributed by atoms with van der Waals surface area (Å²) in [5.41, 5.74) is -0.161. The number of ether oxygens (including phenoxy) is 1. The number of cyclic esters (lactones) is 1. The molecule has 1 heterocycles. The largest absolute Gasteiger partial charge is 0.511 e. The lowest BCUT2D eigenvalue weighted by Gasteiger charge is -2.21. The van der Waals surface area contributed by atoms with Crippen molar-refractivity contribution in [1.29, 1.82) is 0 Å². The number of rotatable bonds is 9. The summed E-state index contributed by atoms with van der Waals surface area (Å²) in [7, 11) is 0. The molecule has 0 radical (unpaired) electrons. The molecule has 1 aliphatic rings. The van der Waals surface area contributed by atoms with Gasteiger partial charge in [0.05, 0.1) is 6.42 Å². The SMILES string of the molecule is CCCCCCCC=CC1CC(=O)C(=C(O)CCC)C(=O)O1. The lowest BCUT2D eigenvalue weighted by Crippen LogP contribution is -2.32. The maximum absolute atomic E-state index is 12.0. The summed E-state index contributed by atoms with van der Waals surface area (Å²) >= 11 is 0. The van der Waals surface area contributed by atoms with Gasteiger partial charge in [-0.1, -0.05) is 45.6 Å². The summed E-state index contributed by atoms with van der Waals surface area (Å²) < 4.78 is 5.22. The topological polar surface area (TPSA) is 63.6 Å². The van der Waals surface area contributed by atoms with Gasteiger partial charge in [-0.05, 0) is 25.3 Å². The Balaban J connectivity index is 2.43. The molecule has 0 aliphatic carbocycles. The molecule has 0 aromatic heterocycles. The highest BCUT2D eigenvalue weighted by Gasteiger charge is 2.33. The molecule has 0 aromatic rings. The van der Waals surface area contributed by atoms with Crippen molar-refractivity contribution in [2.24, 2.45) is 0 Å². The maximum atomic E-state index is 12.0. The van der Waals surface area contributed by atoms with Crippen molar-refractivity contribution >= 4 is 11.8 Å². The van der Waals surface area contributed by atoms with E-state index in [2.05, 4.69) is 6.92 Å². The van der Waals surface area contributed by atoms with Gasteiger partial charge >= 0.3 is 5.97 Å². The Morgan fingerprint density at radius 1 is 1.18 bits per heavy atom. The summed E-state index contributed by atoms with van der Waals surface area (Å²) in [6.45, 7) is 4.07. The van der Waals surface area contributed by atoms with E-state index in [0.717, 1.165) is 12.8 Å². The summed E-state index contributed by atoms with van der Waals surface area (Å²) in [5.74, 6) is -1.16. The van der Waals surface area contributed by atoms with Crippen LogP contribution >= 0.6 is 0 Å². The first-order chi connectivity index (χ1) is 10.6. The number of aliphatic hydroxyl groups excluding tert-OH is 1. The van der Waals surface area contributed by atoms with E-state index in [4.69, 9.17) is 4.74 Å². The second-order valence-electron chi connectivity index (χ2n) is 5.77. The van der Waals surface area contributed by atoms with Crippen LogP contribution in [0.4, 0.5) is 0 Å². The lowest BCUT2D eigenvalue weighted by molar-refractivity contribution is -0.148. The summed E-state index contributed by atoms with van der Waals surface area (Å²) in [6.07, 6.45) is 11.4. The van der Waals surface area contributed by atoms with Crippen molar-refractivity contribution < 1.29 is 19.4 Å². The Morgan fingerprint density at radius 3 is 2.55 bits per heavy atom. The number of unbranched alkanes of at least 4 members (excludes halogenated alkanes) is 5. The summed E-state index contributed by atoms with van der Waals surface area (Å²) in [6, 6.07) is 0. The molecule has 0 bridgehead atoms. The van der Waals surface area contributed by atoms with Gasteiger partial charge in [-0.3, -0.25) is 4.79 Å². The minimum absolute atomic E-state index is 0.126. The molecular formula is C18H28O4. The minimum Gasteiger partial charge on any atom is -0.511 e. The zero-order valence-corrected chi connectivity index (χ0v) is 13.8. The zero-order chi connectivity index (χ0) is 16.4. The molecule has 124 valence electrons. The van der Waals surface area contributed by atoms with Crippen LogP contribution in [0.15, 0.2) is 23.5 Å². The fraction of sp³-hybridized carbons (Fsp3) is 0.667. The lowest BCUT2D eigenvalue weighted by atomic mass is 9.99. The molecular weight excluding hydrogens is 280 g/mol. The second-order valence-corrected chi connectivity index (χ2v) is 5.77. The van der Waals surface area contributed by atoms with Crippen LogP contribution in [0.1, 0.15) is 71.6 Å². The van der Waals surface area contributed by atoms with Crippen LogP contribution in [0.5, 0.6) is 0 Å². The van der Waals surface area contributed by atoms with E-state index in [-0.39, 0.29) is 23.5 Å². The number of allylic oxidation sites excluding steroid dienone is 2. The van der Waals surface area contributed by atoms with Crippen molar-refractivity contribution in [3.05, 3.63) is 23.5 Å². The Kier molecular flexibility index (Phi) is 8.56. The van der Waals surface area contributed by atoms with Gasteiger partial charge in [-0.2, -0.15) is 0 Å². The molecule has 1 fully saturated rings. The first-order valence-corrected chi connectivity index (χ1v) is 8.43. The molecule has 4 nitrogen and oxygen atoms in total. The van der Waals surface area contributed by atoms with Crippen LogP contribution in [-0.4, -0.2) is 23.0 Å². The Hall–Kier alpha value is -1.58. The number of Topliss-reactive ketones (excluding diaryl/α,β-unsaturated/α-hetero) is 1. The minimum atomic E-state index is -0.695. The van der Waals surface area contributed by atoms with Crippen molar-refractivity contribution in [1.82, 2.24) is 0 Å². The van der Waals surface area contributed by atoms with Crippen LogP contribution in [0.25, 0.3) is 0 Å². The average Bonchev–Trinajstić information content (AvgIpc) is 2.46. The second kappa shape index (κ2) is 10.2. The third-order valence-electron chi connectivity index (χ3n) is 3.73. The van der Waals surface area contributed by atoms with E-state index in [0.29, 0.717) is 12.8 Å². The quantitative estimate of drug-likeness (QED) is 0.171. The molecule has 0 spiro atoms. The monoisotopic (exact) mass is 308 g/mol. The Morgan fingerprint density at radius 2 is 1.91 bits per heavy atom. The van der Waals surface area contributed by atoms with Gasteiger partial charge in [-0.25, -0.2) is 4.79 Å². The third kappa shape index (κ3) is 6.04. The van der Waals surface area contributed by atoms with Crippen LogP contribution in [0, 0.1) is 0 Å². The molecule has 22 heavy (non-hydrogen) atoms. The number of esters is 1. The Bertz CT molecular complexity index is 414. The molecule has 0 aromatic carbocycles. The van der Waals surface area contributed by atoms with Gasteiger partial charge in [0.2, 0.25) is 0 Å². The molecule has 1 N–H and O–H groups in total. The smallest absolute Gasteiger partial charge is 0.345 e. The van der Waals surface area contributed by atoms with Gasteiger partial charge in [0.15, 0.2) is 5.78 Å². The number of carbonyl (C=O) groups is 2. The molecule has 1 aliphatic heterocycles. The summed E-state index contributed by atoms with van der Waals surface area (Å²) in [5, 5.41) is 9.76. The molecule has 0 saturated carbocycles. The van der Waals surface area contributed by atoms with Crippen molar-refractivity contribution in [3.8, 4) is 0 Å².